The number of pyridine rings is 1. The van der Waals surface area contributed by atoms with Gasteiger partial charge in [0, 0.05) is 6.20 Å². The Bertz CT molecular complexity index is 334. The zero-order valence-corrected chi connectivity index (χ0v) is 10.6. The number of rotatable bonds is 2. The first-order valence-corrected chi connectivity index (χ1v) is 6.34. The second-order valence-corrected chi connectivity index (χ2v) is 5.03. The lowest BCUT2D eigenvalue weighted by atomic mass is 9.98. The maximum Gasteiger partial charge on any atom is 0.228 e. The van der Waals surface area contributed by atoms with Crippen molar-refractivity contribution in [1.82, 2.24) is 4.98 Å². The first-order valence-electron chi connectivity index (χ1n) is 5.54. The predicted octanol–water partition coefficient (Wildman–Crippen LogP) is 3.86. The van der Waals surface area contributed by atoms with Gasteiger partial charge in [0.05, 0.1) is 4.47 Å². The lowest BCUT2D eigenvalue weighted by Gasteiger charge is -2.22. The third-order valence-electron chi connectivity index (χ3n) is 2.77. The Morgan fingerprint density at radius 3 is 2.73 bits per heavy atom. The smallest absolute Gasteiger partial charge is 0.228 e. The number of aromatic nitrogens is 1. The van der Waals surface area contributed by atoms with Crippen LogP contribution in [0.2, 0.25) is 0 Å². The monoisotopic (exact) mass is 269 g/mol. The summed E-state index contributed by atoms with van der Waals surface area (Å²) in [5.74, 6) is 0.743. The first kappa shape index (κ1) is 10.9. The molecule has 0 amide bonds. The van der Waals surface area contributed by atoms with Crippen LogP contribution in [0.25, 0.3) is 0 Å². The van der Waals surface area contributed by atoms with Crippen LogP contribution in [0.5, 0.6) is 5.88 Å². The van der Waals surface area contributed by atoms with E-state index in [1.807, 2.05) is 19.2 Å². The fraction of sp³-hybridized carbons (Fsp3) is 0.583. The fourth-order valence-corrected chi connectivity index (χ4v) is 2.51. The molecule has 2 rings (SSSR count). The Morgan fingerprint density at radius 1 is 1.33 bits per heavy atom. The quantitative estimate of drug-likeness (QED) is 0.814. The molecule has 0 atom stereocenters. The van der Waals surface area contributed by atoms with Crippen molar-refractivity contribution in [3.8, 4) is 5.88 Å². The van der Waals surface area contributed by atoms with E-state index in [4.69, 9.17) is 4.74 Å². The Labute approximate surface area is 99.2 Å². The molecule has 1 aromatic rings. The van der Waals surface area contributed by atoms with E-state index >= 15 is 0 Å². The average Bonchev–Trinajstić information content (AvgIpc) is 2.24. The highest BCUT2D eigenvalue weighted by Crippen LogP contribution is 2.27. The van der Waals surface area contributed by atoms with Gasteiger partial charge in [-0.1, -0.05) is 6.42 Å². The van der Waals surface area contributed by atoms with Crippen molar-refractivity contribution < 1.29 is 4.74 Å². The summed E-state index contributed by atoms with van der Waals surface area (Å²) in [6.45, 7) is 2.03. The largest absolute Gasteiger partial charge is 0.474 e. The summed E-state index contributed by atoms with van der Waals surface area (Å²) in [5.41, 5.74) is 1.15. The van der Waals surface area contributed by atoms with Gasteiger partial charge in [-0.2, -0.15) is 0 Å². The van der Waals surface area contributed by atoms with Crippen LogP contribution in [-0.2, 0) is 0 Å². The van der Waals surface area contributed by atoms with Crippen molar-refractivity contribution in [2.75, 3.05) is 0 Å². The molecule has 3 heteroatoms. The van der Waals surface area contributed by atoms with E-state index < -0.39 is 0 Å². The maximum atomic E-state index is 5.88. The molecule has 0 aliphatic heterocycles. The van der Waals surface area contributed by atoms with Crippen LogP contribution in [0.4, 0.5) is 0 Å². The first-order chi connectivity index (χ1) is 7.25. The van der Waals surface area contributed by atoms with E-state index in [-0.39, 0.29) is 0 Å². The Morgan fingerprint density at radius 2 is 2.07 bits per heavy atom. The van der Waals surface area contributed by atoms with Crippen LogP contribution in [0.3, 0.4) is 0 Å². The Hall–Kier alpha value is -0.570. The normalized spacial score (nSPS) is 17.7. The number of halogens is 1. The number of aryl methyl sites for hydroxylation is 1. The highest BCUT2D eigenvalue weighted by atomic mass is 79.9. The summed E-state index contributed by atoms with van der Waals surface area (Å²) in [5, 5.41) is 0. The topological polar surface area (TPSA) is 22.1 Å². The van der Waals surface area contributed by atoms with Gasteiger partial charge in [0.15, 0.2) is 0 Å². The van der Waals surface area contributed by atoms with Gasteiger partial charge in [0.1, 0.15) is 6.10 Å². The molecule has 15 heavy (non-hydrogen) atoms. The van der Waals surface area contributed by atoms with Crippen molar-refractivity contribution in [3.63, 3.8) is 0 Å². The van der Waals surface area contributed by atoms with E-state index in [1.165, 1.54) is 32.1 Å². The fourth-order valence-electron chi connectivity index (χ4n) is 1.95. The SMILES string of the molecule is Cc1cnc(OC2CCCCC2)c(Br)c1. The third kappa shape index (κ3) is 2.94. The summed E-state index contributed by atoms with van der Waals surface area (Å²) >= 11 is 3.49. The Balaban J connectivity index is 2.03. The maximum absolute atomic E-state index is 5.88. The van der Waals surface area contributed by atoms with Gasteiger partial charge in [0.2, 0.25) is 5.88 Å². The minimum Gasteiger partial charge on any atom is -0.474 e. The van der Waals surface area contributed by atoms with E-state index in [2.05, 4.69) is 20.9 Å². The Kier molecular flexibility index (Phi) is 3.62. The lowest BCUT2D eigenvalue weighted by molar-refractivity contribution is 0.147. The molecule has 0 bridgehead atoms. The minimum absolute atomic E-state index is 0.366. The molecule has 2 nitrogen and oxygen atoms in total. The summed E-state index contributed by atoms with van der Waals surface area (Å²) < 4.78 is 6.85. The molecular weight excluding hydrogens is 254 g/mol. The van der Waals surface area contributed by atoms with Gasteiger partial charge in [-0.15, -0.1) is 0 Å². The second-order valence-electron chi connectivity index (χ2n) is 4.18. The van der Waals surface area contributed by atoms with Crippen LogP contribution in [0, 0.1) is 6.92 Å². The third-order valence-corrected chi connectivity index (χ3v) is 3.34. The average molecular weight is 270 g/mol. The van der Waals surface area contributed by atoms with Crippen LogP contribution in [-0.4, -0.2) is 11.1 Å². The molecule has 0 saturated heterocycles. The van der Waals surface area contributed by atoms with Gasteiger partial charge in [0.25, 0.3) is 0 Å². The van der Waals surface area contributed by atoms with Gasteiger partial charge in [-0.3, -0.25) is 0 Å². The van der Waals surface area contributed by atoms with Gasteiger partial charge in [-0.05, 0) is 60.2 Å². The summed E-state index contributed by atoms with van der Waals surface area (Å²) in [6.07, 6.45) is 8.47. The van der Waals surface area contributed by atoms with Crippen molar-refractivity contribution in [2.45, 2.75) is 45.1 Å². The lowest BCUT2D eigenvalue weighted by Crippen LogP contribution is -2.20. The van der Waals surface area contributed by atoms with Crippen LogP contribution in [0.1, 0.15) is 37.7 Å². The van der Waals surface area contributed by atoms with Crippen molar-refractivity contribution in [2.24, 2.45) is 0 Å². The van der Waals surface area contributed by atoms with Crippen molar-refractivity contribution in [3.05, 3.63) is 22.3 Å². The molecule has 1 saturated carbocycles. The van der Waals surface area contributed by atoms with Crippen molar-refractivity contribution in [1.29, 1.82) is 0 Å². The zero-order valence-electron chi connectivity index (χ0n) is 9.00. The molecule has 0 aromatic carbocycles. The van der Waals surface area contributed by atoms with Crippen LogP contribution >= 0.6 is 15.9 Å². The standard InChI is InChI=1S/C12H16BrNO/c1-9-7-11(13)12(14-8-9)15-10-5-3-2-4-6-10/h7-8,10H,2-6H2,1H3. The summed E-state index contributed by atoms with van der Waals surface area (Å²) in [4.78, 5) is 4.30. The predicted molar refractivity (Wildman–Crippen MR) is 64.2 cm³/mol. The van der Waals surface area contributed by atoms with Crippen LogP contribution < -0.4 is 4.74 Å². The molecular formula is C12H16BrNO. The van der Waals surface area contributed by atoms with E-state index in [9.17, 15) is 0 Å². The number of hydrogen-bond donors (Lipinski definition) is 0. The zero-order chi connectivity index (χ0) is 10.7. The highest BCUT2D eigenvalue weighted by Gasteiger charge is 2.16. The molecule has 0 N–H and O–H groups in total. The van der Waals surface area contributed by atoms with Crippen LogP contribution in [0.15, 0.2) is 16.7 Å². The molecule has 0 spiro atoms. The van der Waals surface area contributed by atoms with Gasteiger partial charge >= 0.3 is 0 Å². The number of hydrogen-bond acceptors (Lipinski definition) is 2. The number of ether oxygens (including phenoxy) is 1. The van der Waals surface area contributed by atoms with E-state index in [1.54, 1.807) is 0 Å². The van der Waals surface area contributed by atoms with E-state index in [0.29, 0.717) is 6.10 Å². The summed E-state index contributed by atoms with van der Waals surface area (Å²) in [7, 11) is 0. The molecule has 1 aliphatic carbocycles. The van der Waals surface area contributed by atoms with Gasteiger partial charge in [-0.25, -0.2) is 4.98 Å². The molecule has 82 valence electrons. The highest BCUT2D eigenvalue weighted by molar-refractivity contribution is 9.10. The molecule has 0 radical (unpaired) electrons. The molecule has 1 fully saturated rings. The molecule has 1 heterocycles. The molecule has 1 aliphatic rings. The van der Waals surface area contributed by atoms with E-state index in [0.717, 1.165) is 15.9 Å². The second kappa shape index (κ2) is 4.97. The minimum atomic E-state index is 0.366. The van der Waals surface area contributed by atoms with Crippen molar-refractivity contribution >= 4 is 15.9 Å². The van der Waals surface area contributed by atoms with Gasteiger partial charge < -0.3 is 4.74 Å². The molecule has 1 aromatic heterocycles. The molecule has 0 unspecified atom stereocenters. The summed E-state index contributed by atoms with van der Waals surface area (Å²) in [6, 6.07) is 2.05. The number of nitrogens with zero attached hydrogens (tertiary/aromatic N) is 1.